The first-order valence-corrected chi connectivity index (χ1v) is 8.73. The van der Waals surface area contributed by atoms with Gasteiger partial charge in [0.2, 0.25) is 0 Å². The van der Waals surface area contributed by atoms with Crippen LogP contribution in [0, 0.1) is 0 Å². The maximum absolute atomic E-state index is 11.7. The second kappa shape index (κ2) is 7.81. The van der Waals surface area contributed by atoms with E-state index in [1.165, 1.54) is 0 Å². The van der Waals surface area contributed by atoms with Crippen molar-refractivity contribution >= 4 is 34.2 Å². The van der Waals surface area contributed by atoms with Crippen LogP contribution < -0.4 is 4.90 Å². The molecule has 0 aliphatic carbocycles. The molecule has 1 aliphatic rings. The Bertz CT molecular complexity index is 722. The number of halogens is 1. The molecule has 1 saturated heterocycles. The van der Waals surface area contributed by atoms with E-state index in [1.807, 2.05) is 25.1 Å². The minimum absolute atomic E-state index is 0.155. The van der Waals surface area contributed by atoms with E-state index in [1.54, 1.807) is 0 Å². The number of anilines is 1. The third-order valence-corrected chi connectivity index (χ3v) is 4.54. The summed E-state index contributed by atoms with van der Waals surface area (Å²) < 4.78 is 5.04. The van der Waals surface area contributed by atoms with Crippen LogP contribution in [0.2, 0.25) is 5.15 Å². The average Bonchev–Trinajstić information content (AvgIpc) is 2.81. The predicted octanol–water partition coefficient (Wildman–Crippen LogP) is 2.96. The normalized spacial score (nSPS) is 16.2. The topological polar surface area (TPSA) is 45.7 Å². The maximum Gasteiger partial charge on any atom is 0.320 e. The van der Waals surface area contributed by atoms with E-state index in [4.69, 9.17) is 16.3 Å². The molecule has 1 aromatic heterocycles. The van der Waals surface area contributed by atoms with Crippen LogP contribution in [0.15, 0.2) is 30.3 Å². The molecule has 0 radical (unpaired) electrons. The predicted molar refractivity (Wildman–Crippen MR) is 96.7 cm³/mol. The molecule has 0 spiro atoms. The van der Waals surface area contributed by atoms with E-state index >= 15 is 0 Å². The van der Waals surface area contributed by atoms with Crippen molar-refractivity contribution in [2.75, 3.05) is 44.2 Å². The SMILES string of the molecule is CCOC(=O)CN1CCCN(c2cc3ccccc3c(Cl)n2)CC1. The molecule has 2 heterocycles. The summed E-state index contributed by atoms with van der Waals surface area (Å²) in [4.78, 5) is 20.6. The molecule has 1 aromatic carbocycles. The number of aromatic nitrogens is 1. The first-order chi connectivity index (χ1) is 11.7. The van der Waals surface area contributed by atoms with Gasteiger partial charge < -0.3 is 9.64 Å². The van der Waals surface area contributed by atoms with Gasteiger partial charge in [0.15, 0.2) is 0 Å². The minimum Gasteiger partial charge on any atom is -0.465 e. The molecule has 0 N–H and O–H groups in total. The molecule has 0 amide bonds. The standard InChI is InChI=1S/C18H22ClN3O2/c1-2-24-17(23)13-21-8-5-9-22(11-10-21)16-12-14-6-3-4-7-15(14)18(19)20-16/h3-4,6-7,12H,2,5,8-11,13H2,1H3. The van der Waals surface area contributed by atoms with Crippen LogP contribution in [-0.4, -0.2) is 55.2 Å². The molecule has 1 aliphatic heterocycles. The summed E-state index contributed by atoms with van der Waals surface area (Å²) in [6.45, 7) is 6.03. The summed E-state index contributed by atoms with van der Waals surface area (Å²) in [7, 11) is 0. The summed E-state index contributed by atoms with van der Waals surface area (Å²) in [5.41, 5.74) is 0. The van der Waals surface area contributed by atoms with Gasteiger partial charge in [-0.3, -0.25) is 9.69 Å². The highest BCUT2D eigenvalue weighted by Gasteiger charge is 2.19. The lowest BCUT2D eigenvalue weighted by Gasteiger charge is -2.23. The lowest BCUT2D eigenvalue weighted by molar-refractivity contribution is -0.144. The van der Waals surface area contributed by atoms with Crippen molar-refractivity contribution in [1.82, 2.24) is 9.88 Å². The van der Waals surface area contributed by atoms with Gasteiger partial charge >= 0.3 is 5.97 Å². The maximum atomic E-state index is 11.7. The number of fused-ring (bicyclic) bond motifs is 1. The number of hydrogen-bond acceptors (Lipinski definition) is 5. The molecule has 2 aromatic rings. The lowest BCUT2D eigenvalue weighted by Crippen LogP contribution is -2.35. The van der Waals surface area contributed by atoms with E-state index in [-0.39, 0.29) is 5.97 Å². The third-order valence-electron chi connectivity index (χ3n) is 4.25. The van der Waals surface area contributed by atoms with E-state index < -0.39 is 0 Å². The molecule has 0 atom stereocenters. The minimum atomic E-state index is -0.155. The zero-order valence-electron chi connectivity index (χ0n) is 13.9. The van der Waals surface area contributed by atoms with Crippen molar-refractivity contribution in [1.29, 1.82) is 0 Å². The van der Waals surface area contributed by atoms with Crippen LogP contribution in [0.3, 0.4) is 0 Å². The summed E-state index contributed by atoms with van der Waals surface area (Å²) in [5.74, 6) is 0.745. The fraction of sp³-hybridized carbons (Fsp3) is 0.444. The zero-order valence-corrected chi connectivity index (χ0v) is 14.6. The first-order valence-electron chi connectivity index (χ1n) is 8.35. The van der Waals surface area contributed by atoms with Gasteiger partial charge in [-0.25, -0.2) is 4.98 Å². The summed E-state index contributed by atoms with van der Waals surface area (Å²) in [5, 5.41) is 2.61. The Labute approximate surface area is 147 Å². The van der Waals surface area contributed by atoms with Crippen LogP contribution >= 0.6 is 11.6 Å². The number of ether oxygens (including phenoxy) is 1. The van der Waals surface area contributed by atoms with E-state index in [0.29, 0.717) is 18.3 Å². The van der Waals surface area contributed by atoms with Gasteiger partial charge in [0, 0.05) is 31.6 Å². The number of carbonyl (C=O) groups excluding carboxylic acids is 1. The Balaban J connectivity index is 1.71. The van der Waals surface area contributed by atoms with Gasteiger partial charge in [0.25, 0.3) is 0 Å². The largest absolute Gasteiger partial charge is 0.465 e. The van der Waals surface area contributed by atoms with Crippen LogP contribution in [0.5, 0.6) is 0 Å². The van der Waals surface area contributed by atoms with Gasteiger partial charge in [0.1, 0.15) is 11.0 Å². The molecule has 3 rings (SSSR count). The Kier molecular flexibility index (Phi) is 5.53. The molecular weight excluding hydrogens is 326 g/mol. The van der Waals surface area contributed by atoms with Gasteiger partial charge in [-0.05, 0) is 24.8 Å². The van der Waals surface area contributed by atoms with Crippen molar-refractivity contribution in [3.8, 4) is 0 Å². The molecule has 5 nitrogen and oxygen atoms in total. The molecule has 0 bridgehead atoms. The molecule has 1 fully saturated rings. The number of carbonyl (C=O) groups is 1. The Hall–Kier alpha value is -1.85. The quantitative estimate of drug-likeness (QED) is 0.628. The van der Waals surface area contributed by atoms with Crippen LogP contribution in [0.4, 0.5) is 5.82 Å². The summed E-state index contributed by atoms with van der Waals surface area (Å²) in [6.07, 6.45) is 0.978. The van der Waals surface area contributed by atoms with Crippen LogP contribution in [0.1, 0.15) is 13.3 Å². The van der Waals surface area contributed by atoms with E-state index in [9.17, 15) is 4.79 Å². The van der Waals surface area contributed by atoms with Crippen molar-refractivity contribution in [3.05, 3.63) is 35.5 Å². The molecular formula is C18H22ClN3O2. The van der Waals surface area contributed by atoms with E-state index in [0.717, 1.165) is 49.2 Å². The lowest BCUT2D eigenvalue weighted by atomic mass is 10.2. The van der Waals surface area contributed by atoms with Gasteiger partial charge in [-0.15, -0.1) is 0 Å². The number of nitrogens with zero attached hydrogens (tertiary/aromatic N) is 3. The molecule has 0 saturated carbocycles. The monoisotopic (exact) mass is 347 g/mol. The number of hydrogen-bond donors (Lipinski definition) is 0. The Morgan fingerprint density at radius 1 is 1.25 bits per heavy atom. The van der Waals surface area contributed by atoms with E-state index in [2.05, 4.69) is 26.9 Å². The summed E-state index contributed by atoms with van der Waals surface area (Å²) in [6, 6.07) is 10.1. The highest BCUT2D eigenvalue weighted by atomic mass is 35.5. The second-order valence-corrected chi connectivity index (χ2v) is 6.27. The van der Waals surface area contributed by atoms with Crippen LogP contribution in [0.25, 0.3) is 10.8 Å². The number of benzene rings is 1. The van der Waals surface area contributed by atoms with Crippen molar-refractivity contribution < 1.29 is 9.53 Å². The second-order valence-electron chi connectivity index (χ2n) is 5.91. The van der Waals surface area contributed by atoms with Crippen LogP contribution in [-0.2, 0) is 9.53 Å². The fourth-order valence-corrected chi connectivity index (χ4v) is 3.31. The fourth-order valence-electron chi connectivity index (χ4n) is 3.05. The highest BCUT2D eigenvalue weighted by Crippen LogP contribution is 2.26. The zero-order chi connectivity index (χ0) is 16.9. The summed E-state index contributed by atoms with van der Waals surface area (Å²) >= 11 is 6.35. The number of esters is 1. The Morgan fingerprint density at radius 2 is 2.08 bits per heavy atom. The van der Waals surface area contributed by atoms with Crippen molar-refractivity contribution in [2.24, 2.45) is 0 Å². The van der Waals surface area contributed by atoms with Gasteiger partial charge in [-0.2, -0.15) is 0 Å². The molecule has 6 heteroatoms. The van der Waals surface area contributed by atoms with Gasteiger partial charge in [0.05, 0.1) is 13.2 Å². The van der Waals surface area contributed by atoms with Crippen molar-refractivity contribution in [3.63, 3.8) is 0 Å². The number of rotatable bonds is 4. The Morgan fingerprint density at radius 3 is 2.92 bits per heavy atom. The highest BCUT2D eigenvalue weighted by molar-refractivity contribution is 6.34. The van der Waals surface area contributed by atoms with Crippen molar-refractivity contribution in [2.45, 2.75) is 13.3 Å². The molecule has 0 unspecified atom stereocenters. The number of pyridine rings is 1. The molecule has 128 valence electrons. The average molecular weight is 348 g/mol. The molecule has 24 heavy (non-hydrogen) atoms. The third kappa shape index (κ3) is 3.97. The van der Waals surface area contributed by atoms with Gasteiger partial charge in [-0.1, -0.05) is 35.9 Å². The smallest absolute Gasteiger partial charge is 0.320 e. The first kappa shape index (κ1) is 17.0.